The predicted molar refractivity (Wildman–Crippen MR) is 128 cm³/mol. The molecule has 0 N–H and O–H groups in total. The second kappa shape index (κ2) is 9.40. The number of hydrogen-bond acceptors (Lipinski definition) is 5. The largest absolute Gasteiger partial charge is 0.494 e. The first-order valence-corrected chi connectivity index (χ1v) is 11.5. The SMILES string of the molecule is CCOc1ccc(C2c3c(oc4cc(C)c(C)cc4c3=O)C(=O)N2CCCOC(C)C)cc1. The van der Waals surface area contributed by atoms with Gasteiger partial charge >= 0.3 is 0 Å². The Morgan fingerprint density at radius 1 is 1.06 bits per heavy atom. The fourth-order valence-electron chi connectivity index (χ4n) is 4.32. The van der Waals surface area contributed by atoms with Crippen LogP contribution in [0.1, 0.15) is 66.0 Å². The second-order valence-corrected chi connectivity index (χ2v) is 8.78. The Bertz CT molecular complexity index is 1230. The zero-order valence-corrected chi connectivity index (χ0v) is 19.9. The summed E-state index contributed by atoms with van der Waals surface area (Å²) in [5.41, 5.74) is 3.59. The molecule has 0 radical (unpaired) electrons. The van der Waals surface area contributed by atoms with Crippen molar-refractivity contribution in [2.24, 2.45) is 0 Å². The molecule has 1 unspecified atom stereocenters. The highest BCUT2D eigenvalue weighted by atomic mass is 16.5. The summed E-state index contributed by atoms with van der Waals surface area (Å²) in [5, 5.41) is 0.505. The Balaban J connectivity index is 1.81. The van der Waals surface area contributed by atoms with Gasteiger partial charge in [-0.15, -0.1) is 0 Å². The van der Waals surface area contributed by atoms with Crippen molar-refractivity contribution in [1.82, 2.24) is 4.90 Å². The maximum atomic E-state index is 13.7. The smallest absolute Gasteiger partial charge is 0.290 e. The molecular formula is C27H31NO5. The van der Waals surface area contributed by atoms with Crippen molar-refractivity contribution >= 4 is 16.9 Å². The second-order valence-electron chi connectivity index (χ2n) is 8.78. The van der Waals surface area contributed by atoms with Crippen molar-refractivity contribution in [3.05, 3.63) is 74.6 Å². The summed E-state index contributed by atoms with van der Waals surface area (Å²) < 4.78 is 17.3. The molecule has 0 saturated carbocycles. The molecule has 1 aromatic heterocycles. The van der Waals surface area contributed by atoms with Gasteiger partial charge in [0.05, 0.1) is 29.7 Å². The van der Waals surface area contributed by atoms with E-state index in [1.54, 1.807) is 4.90 Å². The summed E-state index contributed by atoms with van der Waals surface area (Å²) in [6.45, 7) is 11.4. The summed E-state index contributed by atoms with van der Waals surface area (Å²) in [5.74, 6) is 0.629. The lowest BCUT2D eigenvalue weighted by atomic mass is 9.97. The van der Waals surface area contributed by atoms with Gasteiger partial charge in [-0.3, -0.25) is 9.59 Å². The molecule has 2 aromatic carbocycles. The fourth-order valence-corrected chi connectivity index (χ4v) is 4.32. The van der Waals surface area contributed by atoms with Crippen LogP contribution in [-0.2, 0) is 4.74 Å². The molecular weight excluding hydrogens is 418 g/mol. The van der Waals surface area contributed by atoms with Gasteiger partial charge in [0.15, 0.2) is 5.43 Å². The molecule has 6 nitrogen and oxygen atoms in total. The highest BCUT2D eigenvalue weighted by Gasteiger charge is 2.42. The average Bonchev–Trinajstić information content (AvgIpc) is 3.05. The summed E-state index contributed by atoms with van der Waals surface area (Å²) in [7, 11) is 0. The van der Waals surface area contributed by atoms with E-state index >= 15 is 0 Å². The molecule has 1 aliphatic heterocycles. The van der Waals surface area contributed by atoms with E-state index in [1.165, 1.54) is 0 Å². The number of ether oxygens (including phenoxy) is 2. The quantitative estimate of drug-likeness (QED) is 0.444. The Morgan fingerprint density at radius 2 is 1.76 bits per heavy atom. The molecule has 0 aliphatic carbocycles. The highest BCUT2D eigenvalue weighted by molar-refractivity contribution is 5.99. The fraction of sp³-hybridized carbons (Fsp3) is 0.407. The normalized spacial score (nSPS) is 15.5. The minimum atomic E-state index is -0.510. The van der Waals surface area contributed by atoms with Crippen molar-refractivity contribution in [3.63, 3.8) is 0 Å². The van der Waals surface area contributed by atoms with E-state index in [0.29, 0.717) is 42.7 Å². The number of amides is 1. The lowest BCUT2D eigenvalue weighted by Gasteiger charge is -2.25. The molecule has 0 saturated heterocycles. The summed E-state index contributed by atoms with van der Waals surface area (Å²) in [6, 6.07) is 10.8. The first kappa shape index (κ1) is 23.1. The first-order valence-electron chi connectivity index (χ1n) is 11.5. The van der Waals surface area contributed by atoms with Gasteiger partial charge in [-0.1, -0.05) is 12.1 Å². The van der Waals surface area contributed by atoms with Crippen molar-refractivity contribution in [2.45, 2.75) is 53.2 Å². The average molecular weight is 450 g/mol. The number of carbonyl (C=O) groups is 1. The van der Waals surface area contributed by atoms with Gasteiger partial charge < -0.3 is 18.8 Å². The third-order valence-electron chi connectivity index (χ3n) is 6.08. The first-order chi connectivity index (χ1) is 15.8. The molecule has 0 bridgehead atoms. The van der Waals surface area contributed by atoms with Crippen LogP contribution < -0.4 is 10.2 Å². The molecule has 4 rings (SSSR count). The third kappa shape index (κ3) is 4.40. The Labute approximate surface area is 194 Å². The van der Waals surface area contributed by atoms with Gasteiger partial charge in [-0.25, -0.2) is 0 Å². The monoisotopic (exact) mass is 449 g/mol. The number of rotatable bonds is 8. The Kier molecular flexibility index (Phi) is 6.56. The lowest BCUT2D eigenvalue weighted by Crippen LogP contribution is -2.31. The van der Waals surface area contributed by atoms with Gasteiger partial charge in [-0.2, -0.15) is 0 Å². The third-order valence-corrected chi connectivity index (χ3v) is 6.08. The van der Waals surface area contributed by atoms with E-state index in [2.05, 4.69) is 0 Å². The van der Waals surface area contributed by atoms with Crippen LogP contribution in [-0.4, -0.2) is 36.7 Å². The number of nitrogens with zero attached hydrogens (tertiary/aromatic N) is 1. The minimum Gasteiger partial charge on any atom is -0.494 e. The topological polar surface area (TPSA) is 69.0 Å². The number of fused-ring (bicyclic) bond motifs is 2. The molecule has 3 aromatic rings. The number of hydrogen-bond donors (Lipinski definition) is 0. The number of aryl methyl sites for hydroxylation is 2. The molecule has 33 heavy (non-hydrogen) atoms. The van der Waals surface area contributed by atoms with Crippen LogP contribution in [0.3, 0.4) is 0 Å². The molecule has 6 heteroatoms. The van der Waals surface area contributed by atoms with Crippen molar-refractivity contribution in [3.8, 4) is 5.75 Å². The van der Waals surface area contributed by atoms with Crippen LogP contribution in [0.15, 0.2) is 45.6 Å². The standard InChI is InChI=1S/C27H31NO5/c1-6-31-20-10-8-19(9-11-20)24-23-25(29)21-14-17(4)18(5)15-22(21)33-26(23)27(30)28(24)12-7-13-32-16(2)3/h8-11,14-16,24H,6-7,12-13H2,1-5H3. The zero-order valence-electron chi connectivity index (χ0n) is 19.9. The Hall–Kier alpha value is -3.12. The zero-order chi connectivity index (χ0) is 23.7. The van der Waals surface area contributed by atoms with Gasteiger partial charge in [0.1, 0.15) is 11.3 Å². The number of benzene rings is 2. The summed E-state index contributed by atoms with van der Waals surface area (Å²) in [4.78, 5) is 28.8. The molecule has 2 heterocycles. The summed E-state index contributed by atoms with van der Waals surface area (Å²) in [6.07, 6.45) is 0.788. The van der Waals surface area contributed by atoms with E-state index in [4.69, 9.17) is 13.9 Å². The molecule has 174 valence electrons. The van der Waals surface area contributed by atoms with Crippen LogP contribution in [0.5, 0.6) is 5.75 Å². The van der Waals surface area contributed by atoms with Crippen LogP contribution >= 0.6 is 0 Å². The lowest BCUT2D eigenvalue weighted by molar-refractivity contribution is 0.0593. The molecule has 1 atom stereocenters. The van der Waals surface area contributed by atoms with Crippen LogP contribution in [0, 0.1) is 13.8 Å². The molecule has 1 aliphatic rings. The Morgan fingerprint density at radius 3 is 2.42 bits per heavy atom. The van der Waals surface area contributed by atoms with E-state index in [0.717, 1.165) is 22.4 Å². The number of carbonyl (C=O) groups excluding carboxylic acids is 1. The molecule has 1 amide bonds. The van der Waals surface area contributed by atoms with Gasteiger partial charge in [0, 0.05) is 13.2 Å². The van der Waals surface area contributed by atoms with Gasteiger partial charge in [0.2, 0.25) is 5.76 Å². The van der Waals surface area contributed by atoms with E-state index < -0.39 is 6.04 Å². The molecule has 0 spiro atoms. The van der Waals surface area contributed by atoms with Crippen LogP contribution in [0.4, 0.5) is 0 Å². The summed E-state index contributed by atoms with van der Waals surface area (Å²) >= 11 is 0. The van der Waals surface area contributed by atoms with Crippen molar-refractivity contribution in [2.75, 3.05) is 19.8 Å². The van der Waals surface area contributed by atoms with Crippen molar-refractivity contribution in [1.29, 1.82) is 0 Å². The van der Waals surface area contributed by atoms with E-state index in [1.807, 2.05) is 71.0 Å². The molecule has 0 fully saturated rings. The van der Waals surface area contributed by atoms with Crippen molar-refractivity contribution < 1.29 is 18.7 Å². The maximum absolute atomic E-state index is 13.7. The van der Waals surface area contributed by atoms with Gasteiger partial charge in [-0.05, 0) is 82.0 Å². The van der Waals surface area contributed by atoms with Crippen LogP contribution in [0.2, 0.25) is 0 Å². The minimum absolute atomic E-state index is 0.124. The van der Waals surface area contributed by atoms with Crippen LogP contribution in [0.25, 0.3) is 11.0 Å². The predicted octanol–water partition coefficient (Wildman–Crippen LogP) is 5.17. The van der Waals surface area contributed by atoms with E-state index in [9.17, 15) is 9.59 Å². The highest BCUT2D eigenvalue weighted by Crippen LogP contribution is 2.39. The maximum Gasteiger partial charge on any atom is 0.290 e. The van der Waals surface area contributed by atoms with Gasteiger partial charge in [0.25, 0.3) is 5.91 Å². The van der Waals surface area contributed by atoms with E-state index in [-0.39, 0.29) is 23.2 Å².